The minimum atomic E-state index is 0.448. The third-order valence-electron chi connectivity index (χ3n) is 2.31. The van der Waals surface area contributed by atoms with Gasteiger partial charge in [-0.25, -0.2) is 0 Å². The highest BCUT2D eigenvalue weighted by Gasteiger charge is 2.01. The van der Waals surface area contributed by atoms with E-state index in [4.69, 9.17) is 9.26 Å². The molecule has 1 aromatic carbocycles. The van der Waals surface area contributed by atoms with E-state index in [2.05, 4.69) is 15.5 Å². The first-order chi connectivity index (χ1) is 8.28. The van der Waals surface area contributed by atoms with E-state index in [0.29, 0.717) is 25.0 Å². The first kappa shape index (κ1) is 11.6. The summed E-state index contributed by atoms with van der Waals surface area (Å²) in [6.07, 6.45) is 0. The Morgan fingerprint density at radius 1 is 1.24 bits per heavy atom. The van der Waals surface area contributed by atoms with Crippen LogP contribution in [0.3, 0.4) is 0 Å². The fourth-order valence-corrected chi connectivity index (χ4v) is 1.47. The first-order valence-electron chi connectivity index (χ1n) is 5.39. The Balaban J connectivity index is 1.90. The fourth-order valence-electron chi connectivity index (χ4n) is 1.47. The number of methoxy groups -OCH3 is 1. The van der Waals surface area contributed by atoms with Gasteiger partial charge >= 0.3 is 6.01 Å². The average Bonchev–Trinajstić information content (AvgIpc) is 2.75. The number of aryl methyl sites for hydroxylation is 1. The Morgan fingerprint density at radius 3 is 2.53 bits per heavy atom. The molecule has 0 spiro atoms. The maximum atomic E-state index is 5.05. The predicted octanol–water partition coefficient (Wildman–Crippen LogP) is 2.14. The van der Waals surface area contributed by atoms with Crippen LogP contribution in [0, 0.1) is 6.92 Å². The molecule has 0 bridgehead atoms. The summed E-state index contributed by atoms with van der Waals surface area (Å²) in [6.45, 7) is 3.08. The molecule has 90 valence electrons. The van der Waals surface area contributed by atoms with Gasteiger partial charge in [0.05, 0.1) is 6.61 Å². The summed E-state index contributed by atoms with van der Waals surface area (Å²) >= 11 is 0. The lowest BCUT2D eigenvalue weighted by Crippen LogP contribution is -1.99. The lowest BCUT2D eigenvalue weighted by Gasteiger charge is -2.03. The van der Waals surface area contributed by atoms with Crippen molar-refractivity contribution in [3.63, 3.8) is 0 Å². The SMILES string of the molecule is COCc1ccc(CNc2nc(C)no2)cc1. The number of nitrogens with one attached hydrogen (secondary N) is 1. The topological polar surface area (TPSA) is 60.2 Å². The van der Waals surface area contributed by atoms with Crippen LogP contribution in [0.2, 0.25) is 0 Å². The standard InChI is InChI=1S/C12H15N3O2/c1-9-14-12(17-15-9)13-7-10-3-5-11(6-4-10)8-16-2/h3-6H,7-8H2,1-2H3,(H,13,14,15). The number of hydrogen-bond acceptors (Lipinski definition) is 5. The van der Waals surface area contributed by atoms with Gasteiger partial charge in [0.2, 0.25) is 0 Å². The molecular weight excluding hydrogens is 218 g/mol. The maximum absolute atomic E-state index is 5.05. The molecule has 0 radical (unpaired) electrons. The van der Waals surface area contributed by atoms with E-state index in [1.165, 1.54) is 0 Å². The molecule has 1 heterocycles. The Hall–Kier alpha value is -1.88. The third-order valence-corrected chi connectivity index (χ3v) is 2.31. The average molecular weight is 233 g/mol. The molecule has 2 rings (SSSR count). The van der Waals surface area contributed by atoms with Gasteiger partial charge in [0.15, 0.2) is 5.82 Å². The van der Waals surface area contributed by atoms with E-state index >= 15 is 0 Å². The van der Waals surface area contributed by atoms with Gasteiger partial charge in [-0.15, -0.1) is 0 Å². The number of hydrogen-bond donors (Lipinski definition) is 1. The van der Waals surface area contributed by atoms with Crippen LogP contribution in [-0.4, -0.2) is 17.3 Å². The quantitative estimate of drug-likeness (QED) is 0.857. The summed E-state index contributed by atoms with van der Waals surface area (Å²) in [5.41, 5.74) is 2.31. The largest absolute Gasteiger partial charge is 0.380 e. The van der Waals surface area contributed by atoms with E-state index in [-0.39, 0.29) is 0 Å². The predicted molar refractivity (Wildman–Crippen MR) is 63.5 cm³/mol. The van der Waals surface area contributed by atoms with Crippen LogP contribution in [0.25, 0.3) is 0 Å². The maximum Gasteiger partial charge on any atom is 0.321 e. The van der Waals surface area contributed by atoms with Crippen molar-refractivity contribution >= 4 is 6.01 Å². The molecule has 5 heteroatoms. The number of rotatable bonds is 5. The third kappa shape index (κ3) is 3.29. The number of benzene rings is 1. The molecule has 17 heavy (non-hydrogen) atoms. The molecule has 0 fully saturated rings. The highest BCUT2D eigenvalue weighted by molar-refractivity contribution is 5.26. The lowest BCUT2D eigenvalue weighted by molar-refractivity contribution is 0.185. The molecule has 1 aromatic heterocycles. The van der Waals surface area contributed by atoms with Crippen molar-refractivity contribution in [1.29, 1.82) is 0 Å². The Kier molecular flexibility index (Phi) is 3.72. The van der Waals surface area contributed by atoms with Crippen molar-refractivity contribution in [2.24, 2.45) is 0 Å². The van der Waals surface area contributed by atoms with Gasteiger partial charge in [-0.05, 0) is 18.1 Å². The molecule has 0 amide bonds. The summed E-state index contributed by atoms with van der Waals surface area (Å²) in [4.78, 5) is 4.06. The lowest BCUT2D eigenvalue weighted by atomic mass is 10.1. The number of ether oxygens (including phenoxy) is 1. The Morgan fingerprint density at radius 2 is 1.94 bits per heavy atom. The Bertz CT molecular complexity index is 465. The molecule has 0 aliphatic rings. The Labute approximate surface area is 99.8 Å². The van der Waals surface area contributed by atoms with E-state index < -0.39 is 0 Å². The monoisotopic (exact) mass is 233 g/mol. The van der Waals surface area contributed by atoms with Crippen molar-refractivity contribution in [3.8, 4) is 0 Å². The molecule has 0 aliphatic carbocycles. The highest BCUT2D eigenvalue weighted by Crippen LogP contribution is 2.08. The van der Waals surface area contributed by atoms with Crippen LogP contribution in [0.1, 0.15) is 17.0 Å². The van der Waals surface area contributed by atoms with Crippen molar-refractivity contribution in [2.75, 3.05) is 12.4 Å². The number of nitrogens with zero attached hydrogens (tertiary/aromatic N) is 2. The molecule has 0 unspecified atom stereocenters. The van der Waals surface area contributed by atoms with E-state index in [1.807, 2.05) is 24.3 Å². The van der Waals surface area contributed by atoms with Crippen LogP contribution in [0.4, 0.5) is 6.01 Å². The van der Waals surface area contributed by atoms with Gasteiger partial charge in [-0.3, -0.25) is 0 Å². The zero-order valence-corrected chi connectivity index (χ0v) is 9.93. The molecule has 2 aromatic rings. The van der Waals surface area contributed by atoms with Crippen LogP contribution in [0.5, 0.6) is 0 Å². The number of aromatic nitrogens is 2. The molecule has 0 saturated heterocycles. The van der Waals surface area contributed by atoms with Crippen LogP contribution in [-0.2, 0) is 17.9 Å². The van der Waals surface area contributed by atoms with Crippen LogP contribution < -0.4 is 5.32 Å². The van der Waals surface area contributed by atoms with Gasteiger partial charge in [0, 0.05) is 13.7 Å². The molecular formula is C12H15N3O2. The highest BCUT2D eigenvalue weighted by atomic mass is 16.5. The summed E-state index contributed by atoms with van der Waals surface area (Å²) in [5, 5.41) is 6.76. The van der Waals surface area contributed by atoms with E-state index in [1.54, 1.807) is 14.0 Å². The fraction of sp³-hybridized carbons (Fsp3) is 0.333. The van der Waals surface area contributed by atoms with Gasteiger partial charge in [-0.1, -0.05) is 29.4 Å². The zero-order chi connectivity index (χ0) is 12.1. The van der Waals surface area contributed by atoms with Crippen molar-refractivity contribution in [2.45, 2.75) is 20.1 Å². The molecule has 5 nitrogen and oxygen atoms in total. The minimum Gasteiger partial charge on any atom is -0.380 e. The van der Waals surface area contributed by atoms with Crippen LogP contribution in [0.15, 0.2) is 28.8 Å². The number of anilines is 1. The second-order valence-electron chi connectivity index (χ2n) is 3.75. The van der Waals surface area contributed by atoms with Crippen LogP contribution >= 0.6 is 0 Å². The summed E-state index contributed by atoms with van der Waals surface area (Å²) in [6, 6.07) is 8.62. The van der Waals surface area contributed by atoms with Crippen molar-refractivity contribution in [1.82, 2.24) is 10.1 Å². The van der Waals surface area contributed by atoms with Crippen molar-refractivity contribution < 1.29 is 9.26 Å². The second-order valence-corrected chi connectivity index (χ2v) is 3.75. The van der Waals surface area contributed by atoms with Gasteiger partial charge in [-0.2, -0.15) is 4.98 Å². The van der Waals surface area contributed by atoms with Gasteiger partial charge < -0.3 is 14.6 Å². The van der Waals surface area contributed by atoms with Crippen molar-refractivity contribution in [3.05, 3.63) is 41.2 Å². The van der Waals surface area contributed by atoms with E-state index in [9.17, 15) is 0 Å². The molecule has 1 N–H and O–H groups in total. The van der Waals surface area contributed by atoms with Gasteiger partial charge in [0.1, 0.15) is 0 Å². The zero-order valence-electron chi connectivity index (χ0n) is 9.93. The smallest absolute Gasteiger partial charge is 0.321 e. The summed E-state index contributed by atoms with van der Waals surface area (Å²) in [7, 11) is 1.69. The van der Waals surface area contributed by atoms with E-state index in [0.717, 1.165) is 11.1 Å². The minimum absolute atomic E-state index is 0.448. The summed E-state index contributed by atoms with van der Waals surface area (Å²) in [5.74, 6) is 0.628. The molecule has 0 atom stereocenters. The molecule has 0 aliphatic heterocycles. The first-order valence-corrected chi connectivity index (χ1v) is 5.39. The normalized spacial score (nSPS) is 10.5. The second kappa shape index (κ2) is 5.45. The van der Waals surface area contributed by atoms with Gasteiger partial charge in [0.25, 0.3) is 0 Å². The molecule has 0 saturated carbocycles. The summed E-state index contributed by atoms with van der Waals surface area (Å²) < 4.78 is 10.0.